The molecular formula is C25H24F3N3O4. The van der Waals surface area contributed by atoms with Gasteiger partial charge in [-0.1, -0.05) is 18.2 Å². The monoisotopic (exact) mass is 487 g/mol. The Kier molecular flexibility index (Phi) is 7.40. The number of hydrogen-bond acceptors (Lipinski definition) is 5. The zero-order valence-corrected chi connectivity index (χ0v) is 18.8. The lowest BCUT2D eigenvalue weighted by Gasteiger charge is -2.34. The molecule has 1 N–H and O–H groups in total. The second-order valence-corrected chi connectivity index (χ2v) is 8.10. The van der Waals surface area contributed by atoms with Gasteiger partial charge in [0.2, 0.25) is 0 Å². The molecule has 1 saturated heterocycles. The van der Waals surface area contributed by atoms with Crippen molar-refractivity contribution in [3.8, 4) is 5.75 Å². The number of nitrogens with one attached hydrogen (secondary N) is 1. The molecule has 35 heavy (non-hydrogen) atoms. The SMILES string of the molecule is O=C(Nc1cccc(OCC(=O)N2CCN(Cc3ccc(C(F)(F)F)cc3)CC2)c1)c1ccco1. The first kappa shape index (κ1) is 24.3. The molecule has 2 amide bonds. The first-order valence-electron chi connectivity index (χ1n) is 11.0. The summed E-state index contributed by atoms with van der Waals surface area (Å²) in [5.74, 6) is 0.0714. The van der Waals surface area contributed by atoms with Crippen molar-refractivity contribution < 1.29 is 31.9 Å². The van der Waals surface area contributed by atoms with Gasteiger partial charge in [0.05, 0.1) is 11.8 Å². The highest BCUT2D eigenvalue weighted by molar-refractivity contribution is 6.02. The number of furan rings is 1. The highest BCUT2D eigenvalue weighted by atomic mass is 19.4. The summed E-state index contributed by atoms with van der Waals surface area (Å²) in [4.78, 5) is 28.5. The Labute approximate surface area is 200 Å². The Morgan fingerprint density at radius 2 is 1.71 bits per heavy atom. The van der Waals surface area contributed by atoms with Crippen molar-refractivity contribution >= 4 is 17.5 Å². The number of piperazine rings is 1. The Hall–Kier alpha value is -3.79. The lowest BCUT2D eigenvalue weighted by molar-refractivity contribution is -0.137. The molecule has 3 aromatic rings. The summed E-state index contributed by atoms with van der Waals surface area (Å²) < 4.78 is 48.8. The smallest absolute Gasteiger partial charge is 0.416 e. The van der Waals surface area contributed by atoms with Crippen LogP contribution in [0.5, 0.6) is 5.75 Å². The van der Waals surface area contributed by atoms with E-state index in [2.05, 4.69) is 10.2 Å². The molecule has 0 atom stereocenters. The van der Waals surface area contributed by atoms with Gasteiger partial charge >= 0.3 is 6.18 Å². The van der Waals surface area contributed by atoms with Gasteiger partial charge in [0.25, 0.3) is 11.8 Å². The van der Waals surface area contributed by atoms with Gasteiger partial charge in [0, 0.05) is 44.5 Å². The van der Waals surface area contributed by atoms with E-state index < -0.39 is 17.6 Å². The summed E-state index contributed by atoms with van der Waals surface area (Å²) in [6, 6.07) is 15.0. The number of hydrogen-bond donors (Lipinski definition) is 1. The molecule has 0 unspecified atom stereocenters. The highest BCUT2D eigenvalue weighted by Gasteiger charge is 2.30. The fourth-order valence-electron chi connectivity index (χ4n) is 3.71. The van der Waals surface area contributed by atoms with Gasteiger partial charge in [-0.15, -0.1) is 0 Å². The molecule has 0 bridgehead atoms. The van der Waals surface area contributed by atoms with Crippen LogP contribution in [0.2, 0.25) is 0 Å². The Morgan fingerprint density at radius 3 is 2.37 bits per heavy atom. The third kappa shape index (κ3) is 6.63. The van der Waals surface area contributed by atoms with Crippen molar-refractivity contribution in [1.82, 2.24) is 9.80 Å². The second-order valence-electron chi connectivity index (χ2n) is 8.10. The molecule has 7 nitrogen and oxygen atoms in total. The predicted octanol–water partition coefficient (Wildman–Crippen LogP) is 4.27. The second kappa shape index (κ2) is 10.6. The molecule has 1 aliphatic heterocycles. The molecule has 4 rings (SSSR count). The normalized spacial score (nSPS) is 14.5. The minimum Gasteiger partial charge on any atom is -0.484 e. The summed E-state index contributed by atoms with van der Waals surface area (Å²) >= 11 is 0. The Balaban J connectivity index is 1.22. The summed E-state index contributed by atoms with van der Waals surface area (Å²) in [6.07, 6.45) is -2.93. The molecule has 1 fully saturated rings. The molecule has 0 radical (unpaired) electrons. The molecule has 184 valence electrons. The van der Waals surface area contributed by atoms with Crippen molar-refractivity contribution in [2.75, 3.05) is 38.1 Å². The number of alkyl halides is 3. The fourth-order valence-corrected chi connectivity index (χ4v) is 3.71. The van der Waals surface area contributed by atoms with Gasteiger partial charge in [-0.3, -0.25) is 14.5 Å². The van der Waals surface area contributed by atoms with Crippen LogP contribution in [0, 0.1) is 0 Å². The van der Waals surface area contributed by atoms with Crippen LogP contribution in [0.3, 0.4) is 0 Å². The van der Waals surface area contributed by atoms with E-state index in [9.17, 15) is 22.8 Å². The molecule has 2 heterocycles. The number of rotatable bonds is 7. The van der Waals surface area contributed by atoms with Gasteiger partial charge < -0.3 is 19.4 Å². The van der Waals surface area contributed by atoms with Gasteiger partial charge in [0.15, 0.2) is 12.4 Å². The minimum atomic E-state index is -4.35. The van der Waals surface area contributed by atoms with Crippen molar-refractivity contribution in [1.29, 1.82) is 0 Å². The van der Waals surface area contributed by atoms with E-state index in [1.54, 1.807) is 41.3 Å². The van der Waals surface area contributed by atoms with Crippen molar-refractivity contribution in [3.05, 3.63) is 83.8 Å². The van der Waals surface area contributed by atoms with Crippen molar-refractivity contribution in [2.24, 2.45) is 0 Å². The summed E-state index contributed by atoms with van der Waals surface area (Å²) in [5.41, 5.74) is 0.635. The average Bonchev–Trinajstić information content (AvgIpc) is 3.38. The number of ether oxygens (including phenoxy) is 1. The average molecular weight is 487 g/mol. The van der Waals surface area contributed by atoms with E-state index in [0.717, 1.165) is 17.7 Å². The maximum Gasteiger partial charge on any atom is 0.416 e. The van der Waals surface area contributed by atoms with E-state index in [1.807, 2.05) is 0 Å². The fraction of sp³-hybridized carbons (Fsp3) is 0.280. The number of halogens is 3. The van der Waals surface area contributed by atoms with Crippen LogP contribution in [-0.2, 0) is 17.5 Å². The number of carbonyl (C=O) groups is 2. The summed E-state index contributed by atoms with van der Waals surface area (Å²) in [7, 11) is 0. The molecule has 0 aliphatic carbocycles. The molecule has 1 aliphatic rings. The van der Waals surface area contributed by atoms with E-state index >= 15 is 0 Å². The van der Waals surface area contributed by atoms with Gasteiger partial charge in [-0.2, -0.15) is 13.2 Å². The van der Waals surface area contributed by atoms with Crippen LogP contribution in [0.1, 0.15) is 21.7 Å². The maximum atomic E-state index is 12.7. The van der Waals surface area contributed by atoms with Crippen LogP contribution in [0.25, 0.3) is 0 Å². The number of anilines is 1. The first-order chi connectivity index (χ1) is 16.8. The summed E-state index contributed by atoms with van der Waals surface area (Å²) in [5, 5.41) is 2.70. The Morgan fingerprint density at radius 1 is 0.971 bits per heavy atom. The maximum absolute atomic E-state index is 12.7. The van der Waals surface area contributed by atoms with Crippen molar-refractivity contribution in [2.45, 2.75) is 12.7 Å². The van der Waals surface area contributed by atoms with Crippen LogP contribution in [0.4, 0.5) is 18.9 Å². The van der Waals surface area contributed by atoms with E-state index in [1.165, 1.54) is 18.4 Å². The third-order valence-electron chi connectivity index (χ3n) is 5.61. The Bertz CT molecular complexity index is 1140. The van der Waals surface area contributed by atoms with Gasteiger partial charge in [0.1, 0.15) is 5.75 Å². The standard InChI is InChI=1S/C25H24F3N3O4/c26-25(27,28)19-8-6-18(7-9-19)16-30-10-12-31(13-11-30)23(32)17-35-21-4-1-3-20(15-21)29-24(33)22-5-2-14-34-22/h1-9,14-15H,10-13,16-17H2,(H,29,33). The molecule has 0 spiro atoms. The predicted molar refractivity (Wildman–Crippen MR) is 122 cm³/mol. The van der Waals surface area contributed by atoms with Crippen molar-refractivity contribution in [3.63, 3.8) is 0 Å². The number of nitrogens with zero attached hydrogens (tertiary/aromatic N) is 2. The molecular weight excluding hydrogens is 463 g/mol. The van der Waals surface area contributed by atoms with Crippen LogP contribution in [-0.4, -0.2) is 54.4 Å². The third-order valence-corrected chi connectivity index (χ3v) is 5.61. The lowest BCUT2D eigenvalue weighted by atomic mass is 10.1. The zero-order chi connectivity index (χ0) is 24.8. The number of benzene rings is 2. The largest absolute Gasteiger partial charge is 0.484 e. The minimum absolute atomic E-state index is 0.144. The number of amides is 2. The van der Waals surface area contributed by atoms with Crippen LogP contribution in [0.15, 0.2) is 71.3 Å². The topological polar surface area (TPSA) is 75.0 Å². The van der Waals surface area contributed by atoms with E-state index in [4.69, 9.17) is 9.15 Å². The first-order valence-corrected chi connectivity index (χ1v) is 11.0. The van der Waals surface area contributed by atoms with E-state index in [-0.39, 0.29) is 18.3 Å². The molecule has 1 aromatic heterocycles. The zero-order valence-electron chi connectivity index (χ0n) is 18.8. The highest BCUT2D eigenvalue weighted by Crippen LogP contribution is 2.29. The van der Waals surface area contributed by atoms with Crippen LogP contribution >= 0.6 is 0 Å². The molecule has 2 aromatic carbocycles. The van der Waals surface area contributed by atoms with Crippen LogP contribution < -0.4 is 10.1 Å². The quantitative estimate of drug-likeness (QED) is 0.539. The van der Waals surface area contributed by atoms with Gasteiger partial charge in [-0.25, -0.2) is 0 Å². The number of carbonyl (C=O) groups excluding carboxylic acids is 2. The molecule has 0 saturated carbocycles. The van der Waals surface area contributed by atoms with Gasteiger partial charge in [-0.05, 0) is 42.0 Å². The molecule has 10 heteroatoms. The summed E-state index contributed by atoms with van der Waals surface area (Å²) in [6.45, 7) is 2.61. The lowest BCUT2D eigenvalue weighted by Crippen LogP contribution is -2.49. The van der Waals surface area contributed by atoms with E-state index in [0.29, 0.717) is 44.2 Å².